The van der Waals surface area contributed by atoms with Crippen LogP contribution in [0, 0.1) is 29.7 Å². The largest absolute Gasteiger partial charge is 0.492 e. The Labute approximate surface area is 394 Å². The second-order valence-electron chi connectivity index (χ2n) is 19.5. The Kier molecular flexibility index (Phi) is 28.0. The Morgan fingerprint density at radius 2 is 1.08 bits per heavy atom. The molecule has 0 unspecified atom stereocenters. The molecule has 3 rings (SSSR count). The smallest absolute Gasteiger partial charge is 0.444 e. The number of hydrogen-bond acceptors (Lipinski definition) is 15. The minimum atomic E-state index is -3.63. The predicted octanol–water partition coefficient (Wildman–Crippen LogP) is 7.77. The monoisotopic (exact) mass is 961 g/mol. The van der Waals surface area contributed by atoms with Crippen molar-refractivity contribution in [1.29, 1.82) is 5.53 Å². The number of Topliss-reactive ketones (excluding diaryl/α,β-unsaturated/α-hetero) is 1. The van der Waals surface area contributed by atoms with E-state index in [1.165, 1.54) is 0 Å². The number of rotatable bonds is 12. The molecule has 3 fully saturated rings. The minimum Gasteiger partial charge on any atom is -0.444 e. The van der Waals surface area contributed by atoms with Gasteiger partial charge in [-0.2, -0.15) is 0 Å². The van der Waals surface area contributed by atoms with Gasteiger partial charge in [-0.05, 0) is 127 Å². The summed E-state index contributed by atoms with van der Waals surface area (Å²) < 4.78 is 47.6. The summed E-state index contributed by atoms with van der Waals surface area (Å²) >= 11 is 0. The molecule has 19 nitrogen and oxygen atoms in total. The number of likely N-dealkylation sites (tertiary alicyclic amines) is 3. The quantitative estimate of drug-likeness (QED) is 0.0362. The first-order chi connectivity index (χ1) is 30.5. The summed E-state index contributed by atoms with van der Waals surface area (Å²) in [4.78, 5) is 64.9. The molecule has 2 N–H and O–H groups in total. The van der Waals surface area contributed by atoms with Crippen LogP contribution in [0.15, 0.2) is 0 Å². The molecule has 3 atom stereocenters. The highest BCUT2D eigenvalue weighted by Gasteiger charge is 2.44. The van der Waals surface area contributed by atoms with E-state index in [0.717, 1.165) is 85.5 Å². The highest BCUT2D eigenvalue weighted by atomic mass is 31.2. The summed E-state index contributed by atoms with van der Waals surface area (Å²) in [5.74, 6) is 2.64. The van der Waals surface area contributed by atoms with E-state index >= 15 is 0 Å². The molecule has 3 aliphatic heterocycles. The molecule has 3 aliphatic rings. The van der Waals surface area contributed by atoms with Gasteiger partial charge in [-0.25, -0.2) is 18.9 Å². The number of carbonyl (C=O) groups is 5. The molecule has 0 aliphatic carbocycles. The number of aldehydes is 1. The number of amides is 3. The minimum absolute atomic E-state index is 0.0340. The fourth-order valence-corrected chi connectivity index (χ4v) is 7.54. The van der Waals surface area contributed by atoms with Crippen LogP contribution in [-0.4, -0.2) is 162 Å². The van der Waals surface area contributed by atoms with E-state index in [1.807, 2.05) is 83.1 Å². The molecule has 3 saturated heterocycles. The number of nitrogens with zero attached hydrogens (tertiary/aromatic N) is 4. The van der Waals surface area contributed by atoms with Crippen LogP contribution in [0.3, 0.4) is 0 Å². The average molecular weight is 961 g/mol. The number of ether oxygens (including phenoxy) is 5. The molecule has 3 heterocycles. The lowest BCUT2D eigenvalue weighted by atomic mass is 9.88. The van der Waals surface area contributed by atoms with Crippen LogP contribution < -0.4 is 0 Å². The van der Waals surface area contributed by atoms with Gasteiger partial charge in [-0.15, -0.1) is 6.42 Å². The summed E-state index contributed by atoms with van der Waals surface area (Å²) in [6.07, 6.45) is 11.6. The van der Waals surface area contributed by atoms with E-state index in [0.29, 0.717) is 32.1 Å². The number of piperidine rings is 3. The molecular formula is C46H83N5O14P+. The average Bonchev–Trinajstić information content (AvgIpc) is 3.23. The predicted molar refractivity (Wildman–Crippen MR) is 249 cm³/mol. The van der Waals surface area contributed by atoms with Crippen LogP contribution >= 0.6 is 7.60 Å². The van der Waals surface area contributed by atoms with Crippen molar-refractivity contribution in [2.24, 2.45) is 11.8 Å². The third-order valence-electron chi connectivity index (χ3n) is 9.87. The van der Waals surface area contributed by atoms with Gasteiger partial charge in [-0.1, -0.05) is 12.8 Å². The molecule has 0 bridgehead atoms. The van der Waals surface area contributed by atoms with Gasteiger partial charge in [-0.3, -0.25) is 4.79 Å². The van der Waals surface area contributed by atoms with E-state index in [4.69, 9.17) is 40.7 Å². The second kappa shape index (κ2) is 29.8. The van der Waals surface area contributed by atoms with Crippen molar-refractivity contribution in [3.63, 3.8) is 0 Å². The van der Waals surface area contributed by atoms with Gasteiger partial charge >= 0.3 is 31.3 Å². The number of nitrogens with one attached hydrogen (secondary N) is 1. The number of ketones is 1. The lowest BCUT2D eigenvalue weighted by Gasteiger charge is -2.34. The number of aliphatic hydroxyl groups excluding tert-OH is 1. The van der Waals surface area contributed by atoms with Gasteiger partial charge in [0.1, 0.15) is 29.2 Å². The first-order valence-corrected chi connectivity index (χ1v) is 24.2. The standard InChI is InChI=1S/C14H25NO3.C14H23NO3.C13H25NO4.C5H10N2O4P/c1-11(10-16)9-12-5-7-15(8-6-12)13(17)18-14(2,3)4;1-6-11(2)17-12-7-9-15(10-8-12)13(16)18-14(3,4)5;1-10(9-15)17-11-5-7-14(8-6-11)12(16)18-13(2,3)4;1-4(8)5(7-6)12(9,10-2)11-3/h10-12H,5-9H2,1-4H3;1,11-12H,7-10H2,2-5H3;10-11,15H,5-9H2,1-4H3;6H,1-3H3/q;;;+1/t2*11-;10-;/m011./s1. The van der Waals surface area contributed by atoms with Gasteiger partial charge in [0.25, 0.3) is 5.78 Å². The van der Waals surface area contributed by atoms with Gasteiger partial charge < -0.3 is 57.3 Å². The normalized spacial score (nSPS) is 17.8. The Morgan fingerprint density at radius 3 is 1.33 bits per heavy atom. The van der Waals surface area contributed by atoms with Gasteiger partial charge in [0.05, 0.1) is 35.2 Å². The highest BCUT2D eigenvalue weighted by Crippen LogP contribution is 2.47. The Bertz CT molecular complexity index is 1630. The van der Waals surface area contributed by atoms with Crippen molar-refractivity contribution in [1.82, 2.24) is 14.7 Å². The first-order valence-electron chi connectivity index (χ1n) is 22.7. The number of aliphatic hydroxyl groups is 1. The van der Waals surface area contributed by atoms with Crippen LogP contribution in [0.5, 0.6) is 0 Å². The van der Waals surface area contributed by atoms with E-state index in [2.05, 4.69) is 19.8 Å². The van der Waals surface area contributed by atoms with Crippen molar-refractivity contribution in [3.05, 3.63) is 0 Å². The third-order valence-corrected chi connectivity index (χ3v) is 11.8. The molecule has 0 aromatic rings. The van der Waals surface area contributed by atoms with Crippen molar-refractivity contribution < 1.29 is 71.2 Å². The van der Waals surface area contributed by atoms with E-state index in [1.54, 1.807) is 14.7 Å². The molecule has 3 amide bonds. The van der Waals surface area contributed by atoms with E-state index < -0.39 is 35.6 Å². The van der Waals surface area contributed by atoms with Crippen molar-refractivity contribution >= 4 is 43.4 Å². The third kappa shape index (κ3) is 26.5. The topological polar surface area (TPSA) is 235 Å². The zero-order valence-corrected chi connectivity index (χ0v) is 43.4. The molecule has 0 aromatic carbocycles. The summed E-state index contributed by atoms with van der Waals surface area (Å²) in [6.45, 7) is 27.8. The summed E-state index contributed by atoms with van der Waals surface area (Å²) in [5.41, 5.74) is 4.77. The lowest BCUT2D eigenvalue weighted by Crippen LogP contribution is -2.44. The van der Waals surface area contributed by atoms with Crippen molar-refractivity contribution in [3.8, 4) is 12.3 Å². The zero-order chi connectivity index (χ0) is 51.1. The van der Waals surface area contributed by atoms with Crippen molar-refractivity contribution in [2.45, 2.75) is 176 Å². The maximum atomic E-state index is 11.8. The lowest BCUT2D eigenvalue weighted by molar-refractivity contribution is -0.133. The Morgan fingerprint density at radius 1 is 0.727 bits per heavy atom. The van der Waals surface area contributed by atoms with Gasteiger partial charge in [0.2, 0.25) is 0 Å². The Balaban J connectivity index is 0.000000864. The maximum Gasteiger partial charge on any atom is 0.492 e. The van der Waals surface area contributed by atoms with Crippen LogP contribution in [0.1, 0.15) is 135 Å². The highest BCUT2D eigenvalue weighted by molar-refractivity contribution is 7.74. The number of hydrogen-bond donors (Lipinski definition) is 2. The van der Waals surface area contributed by atoms with Gasteiger partial charge in [0.15, 0.2) is 0 Å². The molecular weight excluding hydrogens is 878 g/mol. The molecule has 0 saturated carbocycles. The van der Waals surface area contributed by atoms with Crippen molar-refractivity contribution in [2.75, 3.05) is 60.1 Å². The fraction of sp³-hybridized carbons (Fsp3) is 0.826. The van der Waals surface area contributed by atoms with Crippen LogP contribution in [-0.2, 0) is 46.9 Å². The Hall–Kier alpha value is -3.88. The van der Waals surface area contributed by atoms with E-state index in [-0.39, 0.29) is 55.2 Å². The number of terminal acetylenes is 1. The molecule has 66 heavy (non-hydrogen) atoms. The van der Waals surface area contributed by atoms with E-state index in [9.17, 15) is 28.5 Å². The second-order valence-corrected chi connectivity index (χ2v) is 21.7. The number of carbonyl (C=O) groups excluding carboxylic acids is 5. The SMILES string of the molecule is C#C[C@@H](C)OC1CCN(C(=O)OC(C)(C)C)CC1.COP(=O)(OC)C(=[N+]=N)C(C)=O.C[C@H](C=O)CC1CCN(C(=O)OC(C)(C)C)CC1.C[C@H](CO)OC1CCN(C(=O)OC(C)(C)C)CC1. The van der Waals surface area contributed by atoms with Gasteiger partial charge in [0, 0.05) is 66.3 Å². The molecule has 0 radical (unpaired) electrons. The first kappa shape index (κ1) is 62.1. The molecule has 20 heteroatoms. The van der Waals surface area contributed by atoms with Crippen LogP contribution in [0.2, 0.25) is 0 Å². The fourth-order valence-electron chi connectivity index (χ4n) is 6.54. The summed E-state index contributed by atoms with van der Waals surface area (Å²) in [6, 6.07) is 0. The maximum absolute atomic E-state index is 11.8. The molecule has 380 valence electrons. The summed E-state index contributed by atoms with van der Waals surface area (Å²) in [7, 11) is -1.39. The molecule has 0 aromatic heterocycles. The zero-order valence-electron chi connectivity index (χ0n) is 42.5. The van der Waals surface area contributed by atoms with Crippen LogP contribution in [0.25, 0.3) is 0 Å². The summed E-state index contributed by atoms with van der Waals surface area (Å²) in [5, 5.41) is 8.92. The molecule has 0 spiro atoms. The van der Waals surface area contributed by atoms with Crippen LogP contribution in [0.4, 0.5) is 14.4 Å².